The van der Waals surface area contributed by atoms with Gasteiger partial charge >= 0.3 is 0 Å². The molecule has 5 nitrogen and oxygen atoms in total. The van der Waals surface area contributed by atoms with Crippen molar-refractivity contribution in [3.8, 4) is 0 Å². The van der Waals surface area contributed by atoms with Crippen molar-refractivity contribution in [1.29, 1.82) is 0 Å². The van der Waals surface area contributed by atoms with E-state index in [1.54, 1.807) is 11.3 Å². The number of aryl methyl sites for hydroxylation is 2. The highest BCUT2D eigenvalue weighted by molar-refractivity contribution is 7.15. The number of anilines is 1. The van der Waals surface area contributed by atoms with Crippen LogP contribution in [0.1, 0.15) is 44.2 Å². The smallest absolute Gasteiger partial charge is 0.252 e. The van der Waals surface area contributed by atoms with Crippen molar-refractivity contribution in [2.75, 3.05) is 5.32 Å². The van der Waals surface area contributed by atoms with Crippen LogP contribution in [0.3, 0.4) is 0 Å². The van der Waals surface area contributed by atoms with Crippen molar-refractivity contribution < 1.29 is 9.59 Å². The van der Waals surface area contributed by atoms with E-state index in [0.717, 1.165) is 28.5 Å². The number of nitrogens with zero attached hydrogens (tertiary/aromatic N) is 2. The summed E-state index contributed by atoms with van der Waals surface area (Å²) >= 11 is 1.54. The predicted molar refractivity (Wildman–Crippen MR) is 79.9 cm³/mol. The number of nitrogens with one attached hydrogen (secondary N) is 1. The summed E-state index contributed by atoms with van der Waals surface area (Å²) in [7, 11) is 0. The number of carbonyl (C=O) groups excluding carboxylic acids is 2. The van der Waals surface area contributed by atoms with Crippen LogP contribution in [-0.4, -0.2) is 33.8 Å². The Labute approximate surface area is 123 Å². The van der Waals surface area contributed by atoms with E-state index in [-0.39, 0.29) is 24.3 Å². The molecular formula is C14H21N3O2S. The van der Waals surface area contributed by atoms with E-state index in [9.17, 15) is 9.59 Å². The molecule has 1 saturated heterocycles. The first-order valence-electron chi connectivity index (χ1n) is 7.06. The molecule has 1 N–H and O–H groups in total. The molecular weight excluding hydrogens is 274 g/mol. The number of hydrogen-bond acceptors (Lipinski definition) is 5. The maximum atomic E-state index is 12.3. The molecule has 1 aliphatic heterocycles. The summed E-state index contributed by atoms with van der Waals surface area (Å²) in [5.41, 5.74) is 1.05. The van der Waals surface area contributed by atoms with E-state index in [0.29, 0.717) is 0 Å². The number of aromatic nitrogens is 1. The van der Waals surface area contributed by atoms with Crippen LogP contribution in [0.25, 0.3) is 0 Å². The van der Waals surface area contributed by atoms with Crippen LogP contribution in [0.5, 0.6) is 0 Å². The van der Waals surface area contributed by atoms with Crippen molar-refractivity contribution >= 4 is 28.3 Å². The maximum absolute atomic E-state index is 12.3. The van der Waals surface area contributed by atoms with E-state index in [2.05, 4.69) is 17.2 Å². The zero-order valence-corrected chi connectivity index (χ0v) is 13.2. The zero-order valence-electron chi connectivity index (χ0n) is 12.4. The molecule has 1 aromatic heterocycles. The molecule has 0 aromatic carbocycles. The topological polar surface area (TPSA) is 62.3 Å². The van der Waals surface area contributed by atoms with Gasteiger partial charge in [-0.15, -0.1) is 11.3 Å². The number of hydrogen-bond donors (Lipinski definition) is 1. The molecule has 2 atom stereocenters. The van der Waals surface area contributed by atoms with E-state index < -0.39 is 6.04 Å². The van der Waals surface area contributed by atoms with E-state index in [1.165, 1.54) is 4.90 Å². The molecule has 2 amide bonds. The van der Waals surface area contributed by atoms with Gasteiger partial charge in [-0.05, 0) is 26.7 Å². The highest BCUT2D eigenvalue weighted by Crippen LogP contribution is 2.26. The van der Waals surface area contributed by atoms with Crippen molar-refractivity contribution in [2.45, 2.75) is 59.0 Å². The first kappa shape index (κ1) is 15.0. The monoisotopic (exact) mass is 295 g/mol. The highest BCUT2D eigenvalue weighted by atomic mass is 32.1. The Morgan fingerprint density at radius 3 is 2.70 bits per heavy atom. The predicted octanol–water partition coefficient (Wildman–Crippen LogP) is 2.35. The molecule has 0 aliphatic carbocycles. The fourth-order valence-electron chi connectivity index (χ4n) is 2.38. The standard InChI is InChI=1S/C14H21N3O2S/c1-5-8(3)17-12(18)7-11(13(17)19)16-14-15-10(6-2)9(4)20-14/h8,11H,5-7H2,1-4H3,(H,15,16). The quantitative estimate of drug-likeness (QED) is 0.847. The summed E-state index contributed by atoms with van der Waals surface area (Å²) in [5, 5.41) is 3.85. The second kappa shape index (κ2) is 5.91. The summed E-state index contributed by atoms with van der Waals surface area (Å²) in [5.74, 6) is -0.221. The molecule has 1 aromatic rings. The number of thiazole rings is 1. The number of carbonyl (C=O) groups is 2. The zero-order chi connectivity index (χ0) is 14.9. The minimum absolute atomic E-state index is 0.0361. The van der Waals surface area contributed by atoms with Crippen molar-refractivity contribution in [3.63, 3.8) is 0 Å². The fourth-order valence-corrected chi connectivity index (χ4v) is 3.33. The largest absolute Gasteiger partial charge is 0.349 e. The Morgan fingerprint density at radius 2 is 2.15 bits per heavy atom. The fraction of sp³-hybridized carbons (Fsp3) is 0.643. The lowest BCUT2D eigenvalue weighted by Gasteiger charge is -2.21. The van der Waals surface area contributed by atoms with Crippen LogP contribution < -0.4 is 5.32 Å². The molecule has 0 spiro atoms. The lowest BCUT2D eigenvalue weighted by molar-refractivity contribution is -0.140. The lowest BCUT2D eigenvalue weighted by atomic mass is 10.2. The summed E-state index contributed by atoms with van der Waals surface area (Å²) in [6.07, 6.45) is 1.88. The van der Waals surface area contributed by atoms with Gasteiger partial charge in [0.15, 0.2) is 5.13 Å². The third-order valence-electron chi connectivity index (χ3n) is 3.74. The molecule has 2 unspecified atom stereocenters. The summed E-state index contributed by atoms with van der Waals surface area (Å²) in [4.78, 5) is 31.3. The van der Waals surface area contributed by atoms with Gasteiger partial charge in [0.2, 0.25) is 5.91 Å². The third-order valence-corrected chi connectivity index (χ3v) is 4.68. The number of rotatable bonds is 5. The number of imide groups is 1. The second-order valence-electron chi connectivity index (χ2n) is 5.14. The van der Waals surface area contributed by atoms with Gasteiger partial charge < -0.3 is 5.32 Å². The molecule has 20 heavy (non-hydrogen) atoms. The van der Waals surface area contributed by atoms with E-state index in [1.807, 2.05) is 20.8 Å². The molecule has 2 rings (SSSR count). The molecule has 6 heteroatoms. The van der Waals surface area contributed by atoms with Crippen LogP contribution in [-0.2, 0) is 16.0 Å². The van der Waals surface area contributed by atoms with Gasteiger partial charge in [-0.25, -0.2) is 4.98 Å². The average Bonchev–Trinajstić information content (AvgIpc) is 2.90. The van der Waals surface area contributed by atoms with Crippen LogP contribution in [0, 0.1) is 6.92 Å². The third kappa shape index (κ3) is 2.70. The van der Waals surface area contributed by atoms with Gasteiger partial charge in [-0.1, -0.05) is 13.8 Å². The average molecular weight is 295 g/mol. The van der Waals surface area contributed by atoms with Gasteiger partial charge in [0.1, 0.15) is 6.04 Å². The normalized spacial score (nSPS) is 20.6. The summed E-state index contributed by atoms with van der Waals surface area (Å²) < 4.78 is 0. The molecule has 1 aliphatic rings. The minimum atomic E-state index is -0.466. The molecule has 2 heterocycles. The van der Waals surface area contributed by atoms with Crippen LogP contribution in [0.2, 0.25) is 0 Å². The molecule has 0 saturated carbocycles. The minimum Gasteiger partial charge on any atom is -0.349 e. The Morgan fingerprint density at radius 1 is 1.45 bits per heavy atom. The van der Waals surface area contributed by atoms with E-state index >= 15 is 0 Å². The second-order valence-corrected chi connectivity index (χ2v) is 6.34. The summed E-state index contributed by atoms with van der Waals surface area (Å²) in [6.45, 7) is 7.96. The highest BCUT2D eigenvalue weighted by Gasteiger charge is 2.40. The van der Waals surface area contributed by atoms with Gasteiger partial charge in [0.05, 0.1) is 12.1 Å². The van der Waals surface area contributed by atoms with Gasteiger partial charge in [0, 0.05) is 10.9 Å². The van der Waals surface area contributed by atoms with Crippen molar-refractivity contribution in [3.05, 3.63) is 10.6 Å². The number of likely N-dealkylation sites (tertiary alicyclic amines) is 1. The maximum Gasteiger partial charge on any atom is 0.252 e. The van der Waals surface area contributed by atoms with Crippen LogP contribution in [0.15, 0.2) is 0 Å². The molecule has 110 valence electrons. The van der Waals surface area contributed by atoms with E-state index in [4.69, 9.17) is 0 Å². The molecule has 0 radical (unpaired) electrons. The van der Waals surface area contributed by atoms with Gasteiger partial charge in [-0.3, -0.25) is 14.5 Å². The Balaban J connectivity index is 2.11. The molecule has 0 bridgehead atoms. The van der Waals surface area contributed by atoms with Crippen LogP contribution >= 0.6 is 11.3 Å². The number of amides is 2. The SMILES string of the molecule is CCc1nc(NC2CC(=O)N(C(C)CC)C2=O)sc1C. The summed E-state index contributed by atoms with van der Waals surface area (Å²) in [6, 6.07) is -0.502. The Kier molecular flexibility index (Phi) is 4.42. The first-order chi connectivity index (χ1) is 9.47. The van der Waals surface area contributed by atoms with Crippen molar-refractivity contribution in [1.82, 2.24) is 9.88 Å². The molecule has 1 fully saturated rings. The Bertz CT molecular complexity index is 526. The van der Waals surface area contributed by atoms with Gasteiger partial charge in [0.25, 0.3) is 5.91 Å². The first-order valence-corrected chi connectivity index (χ1v) is 7.88. The van der Waals surface area contributed by atoms with Gasteiger partial charge in [-0.2, -0.15) is 0 Å². The van der Waals surface area contributed by atoms with Crippen LogP contribution in [0.4, 0.5) is 5.13 Å². The van der Waals surface area contributed by atoms with Crippen molar-refractivity contribution in [2.24, 2.45) is 0 Å². The lowest BCUT2D eigenvalue weighted by Crippen LogP contribution is -2.40. The Hall–Kier alpha value is -1.43.